The van der Waals surface area contributed by atoms with Crippen LogP contribution in [0.3, 0.4) is 0 Å². The number of ketones is 1. The summed E-state index contributed by atoms with van der Waals surface area (Å²) >= 11 is 0. The Hall–Kier alpha value is -2.76. The molecule has 6 nitrogen and oxygen atoms in total. The number of methoxy groups -OCH3 is 1. The van der Waals surface area contributed by atoms with Gasteiger partial charge in [0.15, 0.2) is 11.5 Å². The van der Waals surface area contributed by atoms with Gasteiger partial charge in [-0.05, 0) is 24.3 Å². The van der Waals surface area contributed by atoms with Gasteiger partial charge in [-0.1, -0.05) is 6.07 Å². The summed E-state index contributed by atoms with van der Waals surface area (Å²) in [4.78, 5) is 26.5. The first-order valence-electron chi connectivity index (χ1n) is 5.87. The van der Waals surface area contributed by atoms with Crippen LogP contribution >= 0.6 is 0 Å². The molecular formula is C14H12N2O4. The molecule has 0 amide bonds. The summed E-state index contributed by atoms with van der Waals surface area (Å²) in [5.74, 6) is -0.0983. The minimum Gasteiger partial charge on any atom is -0.490 e. The monoisotopic (exact) mass is 272 g/mol. The molecule has 0 spiro atoms. The Bertz CT molecular complexity index is 641. The van der Waals surface area contributed by atoms with Gasteiger partial charge in [-0.15, -0.1) is 0 Å². The van der Waals surface area contributed by atoms with Gasteiger partial charge in [-0.2, -0.15) is 0 Å². The van der Waals surface area contributed by atoms with Crippen molar-refractivity contribution < 1.29 is 14.5 Å². The van der Waals surface area contributed by atoms with Crippen LogP contribution in [0.4, 0.5) is 5.69 Å². The van der Waals surface area contributed by atoms with Crippen molar-refractivity contribution in [2.45, 2.75) is 6.42 Å². The van der Waals surface area contributed by atoms with Crippen LogP contribution in [-0.4, -0.2) is 22.8 Å². The van der Waals surface area contributed by atoms with Gasteiger partial charge in [0.05, 0.1) is 18.5 Å². The Morgan fingerprint density at radius 3 is 2.75 bits per heavy atom. The molecule has 1 heterocycles. The van der Waals surface area contributed by atoms with Crippen LogP contribution in [0, 0.1) is 10.1 Å². The second kappa shape index (κ2) is 5.92. The summed E-state index contributed by atoms with van der Waals surface area (Å²) in [7, 11) is 1.34. The van der Waals surface area contributed by atoms with Gasteiger partial charge in [-0.3, -0.25) is 19.9 Å². The van der Waals surface area contributed by atoms with Crippen molar-refractivity contribution in [3.8, 4) is 5.75 Å². The van der Waals surface area contributed by atoms with Crippen LogP contribution in [0.15, 0.2) is 42.6 Å². The number of carbonyl (C=O) groups excluding carboxylic acids is 1. The Kier molecular flexibility index (Phi) is 4.05. The average molecular weight is 272 g/mol. The number of rotatable bonds is 5. The maximum absolute atomic E-state index is 12.1. The van der Waals surface area contributed by atoms with Crippen molar-refractivity contribution in [2.24, 2.45) is 0 Å². The molecule has 1 aromatic heterocycles. The fourth-order valence-electron chi connectivity index (χ4n) is 1.78. The maximum Gasteiger partial charge on any atom is 0.311 e. The number of ether oxygens (including phenoxy) is 1. The number of aromatic nitrogens is 1. The van der Waals surface area contributed by atoms with Crippen molar-refractivity contribution in [1.29, 1.82) is 0 Å². The lowest BCUT2D eigenvalue weighted by Gasteiger charge is -2.04. The zero-order valence-corrected chi connectivity index (χ0v) is 10.8. The average Bonchev–Trinajstić information content (AvgIpc) is 2.47. The Labute approximate surface area is 115 Å². The SMILES string of the molecule is COc1ccc(C(=O)Cc2ccccn2)cc1[N+](=O)[O-]. The van der Waals surface area contributed by atoms with Crippen molar-refractivity contribution in [1.82, 2.24) is 4.98 Å². The Morgan fingerprint density at radius 2 is 2.15 bits per heavy atom. The first-order valence-corrected chi connectivity index (χ1v) is 5.87. The predicted octanol–water partition coefficient (Wildman–Crippen LogP) is 2.42. The molecule has 0 saturated heterocycles. The quantitative estimate of drug-likeness (QED) is 0.474. The van der Waals surface area contributed by atoms with E-state index in [9.17, 15) is 14.9 Å². The molecule has 0 aliphatic heterocycles. The number of hydrogen-bond donors (Lipinski definition) is 0. The standard InChI is InChI=1S/C14H12N2O4/c1-20-14-6-5-10(8-12(14)16(18)19)13(17)9-11-4-2-3-7-15-11/h2-8H,9H2,1H3. The Balaban J connectivity index is 2.27. The molecule has 0 bridgehead atoms. The molecule has 2 rings (SSSR count). The van der Waals surface area contributed by atoms with Gasteiger partial charge >= 0.3 is 5.69 Å². The highest BCUT2D eigenvalue weighted by Gasteiger charge is 2.18. The number of pyridine rings is 1. The summed E-state index contributed by atoms with van der Waals surface area (Å²) < 4.78 is 4.89. The number of benzene rings is 1. The third-order valence-corrected chi connectivity index (χ3v) is 2.77. The summed E-state index contributed by atoms with van der Waals surface area (Å²) in [6, 6.07) is 9.43. The summed E-state index contributed by atoms with van der Waals surface area (Å²) in [5.41, 5.74) is 0.665. The van der Waals surface area contributed by atoms with Crippen molar-refractivity contribution in [3.05, 3.63) is 64.0 Å². The zero-order valence-electron chi connectivity index (χ0n) is 10.8. The van der Waals surface area contributed by atoms with Crippen molar-refractivity contribution >= 4 is 11.5 Å². The maximum atomic E-state index is 12.1. The van der Waals surface area contributed by atoms with E-state index in [0.29, 0.717) is 5.69 Å². The zero-order chi connectivity index (χ0) is 14.5. The number of nitro groups is 1. The van der Waals surface area contributed by atoms with E-state index in [4.69, 9.17) is 4.74 Å². The van der Waals surface area contributed by atoms with Crippen LogP contribution in [0.2, 0.25) is 0 Å². The predicted molar refractivity (Wildman–Crippen MR) is 71.9 cm³/mol. The van der Waals surface area contributed by atoms with E-state index in [0.717, 1.165) is 0 Å². The highest BCUT2D eigenvalue weighted by Crippen LogP contribution is 2.27. The van der Waals surface area contributed by atoms with E-state index < -0.39 is 4.92 Å². The van der Waals surface area contributed by atoms with Crippen molar-refractivity contribution in [3.63, 3.8) is 0 Å². The summed E-state index contributed by atoms with van der Waals surface area (Å²) in [6.45, 7) is 0. The lowest BCUT2D eigenvalue weighted by molar-refractivity contribution is -0.385. The van der Waals surface area contributed by atoms with Crippen LogP contribution in [0.25, 0.3) is 0 Å². The van der Waals surface area contributed by atoms with E-state index in [1.807, 2.05) is 0 Å². The molecule has 2 aromatic rings. The molecule has 0 aliphatic carbocycles. The lowest BCUT2D eigenvalue weighted by Crippen LogP contribution is -2.06. The molecule has 0 N–H and O–H groups in total. The van der Waals surface area contributed by atoms with Gasteiger partial charge < -0.3 is 4.74 Å². The third-order valence-electron chi connectivity index (χ3n) is 2.77. The fraction of sp³-hybridized carbons (Fsp3) is 0.143. The van der Waals surface area contributed by atoms with Crippen LogP contribution in [0.1, 0.15) is 16.1 Å². The van der Waals surface area contributed by atoms with Gasteiger partial charge in [-0.25, -0.2) is 0 Å². The highest BCUT2D eigenvalue weighted by molar-refractivity contribution is 5.98. The minimum atomic E-state index is -0.573. The first-order chi connectivity index (χ1) is 9.61. The smallest absolute Gasteiger partial charge is 0.311 e. The molecule has 0 radical (unpaired) electrons. The number of hydrogen-bond acceptors (Lipinski definition) is 5. The van der Waals surface area contributed by atoms with E-state index in [-0.39, 0.29) is 29.2 Å². The fourth-order valence-corrected chi connectivity index (χ4v) is 1.78. The molecule has 20 heavy (non-hydrogen) atoms. The molecule has 0 fully saturated rings. The number of Topliss-reactive ketones (excluding diaryl/α,β-unsaturated/α-hetero) is 1. The van der Waals surface area contributed by atoms with Crippen molar-refractivity contribution in [2.75, 3.05) is 7.11 Å². The van der Waals surface area contributed by atoms with Gasteiger partial charge in [0.25, 0.3) is 0 Å². The largest absolute Gasteiger partial charge is 0.490 e. The molecule has 1 aromatic carbocycles. The number of carbonyl (C=O) groups is 1. The molecule has 0 atom stereocenters. The summed E-state index contributed by atoms with van der Waals surface area (Å²) in [5, 5.41) is 10.9. The van der Waals surface area contributed by atoms with Crippen LogP contribution < -0.4 is 4.74 Å². The van der Waals surface area contributed by atoms with Gasteiger partial charge in [0.1, 0.15) is 0 Å². The molecule has 0 saturated carbocycles. The topological polar surface area (TPSA) is 82.3 Å². The highest BCUT2D eigenvalue weighted by atomic mass is 16.6. The van der Waals surface area contributed by atoms with E-state index in [1.165, 1.54) is 25.3 Å². The van der Waals surface area contributed by atoms with Gasteiger partial charge in [0.2, 0.25) is 0 Å². The molecule has 102 valence electrons. The van der Waals surface area contributed by atoms with E-state index >= 15 is 0 Å². The first kappa shape index (κ1) is 13.7. The molecule has 0 unspecified atom stereocenters. The summed E-state index contributed by atoms with van der Waals surface area (Å²) in [6.07, 6.45) is 1.70. The number of nitro benzene ring substituents is 1. The van der Waals surface area contributed by atoms with E-state index in [2.05, 4.69) is 4.98 Å². The van der Waals surface area contributed by atoms with E-state index in [1.54, 1.807) is 24.4 Å². The van der Waals surface area contributed by atoms with Crippen LogP contribution in [0.5, 0.6) is 5.75 Å². The molecule has 0 aliphatic rings. The molecule has 6 heteroatoms. The molecular weight excluding hydrogens is 260 g/mol. The van der Waals surface area contributed by atoms with Gasteiger partial charge in [0, 0.05) is 23.5 Å². The second-order valence-corrected chi connectivity index (χ2v) is 4.06. The number of nitrogens with zero attached hydrogens (tertiary/aromatic N) is 2. The second-order valence-electron chi connectivity index (χ2n) is 4.06. The normalized spacial score (nSPS) is 10.1. The Morgan fingerprint density at radius 1 is 1.35 bits per heavy atom. The van der Waals surface area contributed by atoms with Crippen LogP contribution in [-0.2, 0) is 6.42 Å². The third kappa shape index (κ3) is 2.97. The lowest BCUT2D eigenvalue weighted by atomic mass is 10.1. The minimum absolute atomic E-state index is 0.102.